The molecule has 2 aliphatic rings. The number of benzene rings is 1. The highest BCUT2D eigenvalue weighted by Crippen LogP contribution is 2.21. The number of rotatable bonds is 5. The van der Waals surface area contributed by atoms with Crippen LogP contribution in [0.1, 0.15) is 55.8 Å². The maximum atomic E-state index is 12.9. The molecular formula is C20H31N2O4S+. The summed E-state index contributed by atoms with van der Waals surface area (Å²) in [4.78, 5) is 13.6. The van der Waals surface area contributed by atoms with E-state index in [0.29, 0.717) is 31.3 Å². The summed E-state index contributed by atoms with van der Waals surface area (Å²) in [7, 11) is -3.51. The second-order valence-electron chi connectivity index (χ2n) is 7.50. The van der Waals surface area contributed by atoms with Crippen LogP contribution in [0.3, 0.4) is 0 Å². The summed E-state index contributed by atoms with van der Waals surface area (Å²) in [6.45, 7) is 5.66. The molecule has 1 aromatic carbocycles. The second kappa shape index (κ2) is 9.17. The van der Waals surface area contributed by atoms with Crippen molar-refractivity contribution in [1.29, 1.82) is 0 Å². The minimum Gasteiger partial charge on any atom is -0.462 e. The van der Waals surface area contributed by atoms with Crippen molar-refractivity contribution in [3.05, 3.63) is 29.8 Å². The van der Waals surface area contributed by atoms with Crippen LogP contribution in [0.15, 0.2) is 29.2 Å². The highest BCUT2D eigenvalue weighted by molar-refractivity contribution is 7.89. The van der Waals surface area contributed by atoms with E-state index in [1.807, 2.05) is 0 Å². The topological polar surface area (TPSA) is 68.1 Å². The van der Waals surface area contributed by atoms with Crippen LogP contribution in [0.2, 0.25) is 0 Å². The molecule has 0 radical (unpaired) electrons. The van der Waals surface area contributed by atoms with Crippen LogP contribution < -0.4 is 4.90 Å². The fourth-order valence-electron chi connectivity index (χ4n) is 4.22. The highest BCUT2D eigenvalue weighted by Gasteiger charge is 2.33. The third kappa shape index (κ3) is 4.89. The van der Waals surface area contributed by atoms with Crippen molar-refractivity contribution in [3.63, 3.8) is 0 Å². The molecule has 0 bridgehead atoms. The first-order valence-electron chi connectivity index (χ1n) is 10.1. The average molecular weight is 396 g/mol. The van der Waals surface area contributed by atoms with E-state index in [0.717, 1.165) is 12.8 Å². The van der Waals surface area contributed by atoms with Gasteiger partial charge in [-0.15, -0.1) is 0 Å². The van der Waals surface area contributed by atoms with Crippen molar-refractivity contribution in [2.24, 2.45) is 0 Å². The number of sulfonamides is 1. The Bertz CT molecular complexity index is 717. The molecule has 0 aromatic heterocycles. The third-order valence-corrected chi connectivity index (χ3v) is 7.69. The van der Waals surface area contributed by atoms with Gasteiger partial charge in [-0.1, -0.05) is 0 Å². The molecule has 0 atom stereocenters. The highest BCUT2D eigenvalue weighted by atomic mass is 32.2. The number of quaternary nitrogens is 1. The first-order chi connectivity index (χ1) is 13.0. The lowest BCUT2D eigenvalue weighted by Gasteiger charge is -2.35. The maximum Gasteiger partial charge on any atom is 0.338 e. The summed E-state index contributed by atoms with van der Waals surface area (Å²) in [6, 6.07) is 6.65. The van der Waals surface area contributed by atoms with Crippen molar-refractivity contribution >= 4 is 16.0 Å². The number of nitrogens with one attached hydrogen (secondary N) is 1. The van der Waals surface area contributed by atoms with Gasteiger partial charge in [0.05, 0.1) is 36.2 Å². The molecule has 27 heavy (non-hydrogen) atoms. The number of piperidine rings is 1. The Labute approximate surface area is 162 Å². The zero-order chi connectivity index (χ0) is 19.3. The number of hydrogen-bond donors (Lipinski definition) is 1. The fourth-order valence-corrected chi connectivity index (χ4v) is 5.69. The number of ether oxygens (including phenoxy) is 1. The number of likely N-dealkylation sites (tertiary alicyclic amines) is 1. The number of nitrogens with zero attached hydrogens (tertiary/aromatic N) is 1. The molecule has 2 aliphatic heterocycles. The first kappa shape index (κ1) is 20.3. The summed E-state index contributed by atoms with van der Waals surface area (Å²) in [6.07, 6.45) is 7.10. The number of carbonyl (C=O) groups excluding carboxylic acids is 1. The van der Waals surface area contributed by atoms with Gasteiger partial charge < -0.3 is 9.64 Å². The molecule has 0 saturated carbocycles. The van der Waals surface area contributed by atoms with Crippen LogP contribution in [0.5, 0.6) is 0 Å². The Morgan fingerprint density at radius 1 is 1.07 bits per heavy atom. The zero-order valence-electron chi connectivity index (χ0n) is 16.2. The van der Waals surface area contributed by atoms with Crippen LogP contribution in [0.4, 0.5) is 0 Å². The van der Waals surface area contributed by atoms with Gasteiger partial charge >= 0.3 is 5.97 Å². The molecule has 0 unspecified atom stereocenters. The van der Waals surface area contributed by atoms with Gasteiger partial charge in [0.1, 0.15) is 0 Å². The SMILES string of the molecule is CCOC(=O)c1ccc(S(=O)(=O)N2CCC([NH+]3CCCCCC3)CC2)cc1. The minimum atomic E-state index is -3.51. The first-order valence-corrected chi connectivity index (χ1v) is 11.6. The molecule has 2 saturated heterocycles. The molecule has 6 nitrogen and oxygen atoms in total. The molecule has 3 rings (SSSR count). The summed E-state index contributed by atoms with van der Waals surface area (Å²) < 4.78 is 32.4. The smallest absolute Gasteiger partial charge is 0.338 e. The van der Waals surface area contributed by atoms with Gasteiger partial charge in [0.25, 0.3) is 0 Å². The Morgan fingerprint density at radius 3 is 2.22 bits per heavy atom. The maximum absolute atomic E-state index is 12.9. The van der Waals surface area contributed by atoms with E-state index < -0.39 is 16.0 Å². The monoisotopic (exact) mass is 395 g/mol. The van der Waals surface area contributed by atoms with Gasteiger partial charge in [0.2, 0.25) is 10.0 Å². The summed E-state index contributed by atoms with van der Waals surface area (Å²) >= 11 is 0. The minimum absolute atomic E-state index is 0.246. The summed E-state index contributed by atoms with van der Waals surface area (Å²) in [5.41, 5.74) is 0.374. The molecule has 0 amide bonds. The number of hydrogen-bond acceptors (Lipinski definition) is 4. The fraction of sp³-hybridized carbons (Fsp3) is 0.650. The van der Waals surface area contributed by atoms with E-state index in [-0.39, 0.29) is 4.90 Å². The van der Waals surface area contributed by atoms with Gasteiger partial charge in [0.15, 0.2) is 0 Å². The van der Waals surface area contributed by atoms with Crippen molar-refractivity contribution in [3.8, 4) is 0 Å². The molecule has 150 valence electrons. The molecule has 0 aliphatic carbocycles. The van der Waals surface area contributed by atoms with E-state index in [2.05, 4.69) is 0 Å². The molecule has 7 heteroatoms. The van der Waals surface area contributed by atoms with Crippen LogP contribution >= 0.6 is 0 Å². The van der Waals surface area contributed by atoms with E-state index >= 15 is 0 Å². The lowest BCUT2D eigenvalue weighted by Crippen LogP contribution is -3.16. The van der Waals surface area contributed by atoms with Gasteiger partial charge in [-0.25, -0.2) is 13.2 Å². The molecule has 2 fully saturated rings. The molecule has 0 spiro atoms. The van der Waals surface area contributed by atoms with Crippen LogP contribution in [-0.4, -0.2) is 57.5 Å². The van der Waals surface area contributed by atoms with Gasteiger partial charge in [-0.3, -0.25) is 0 Å². The normalized spacial score (nSPS) is 20.9. The largest absolute Gasteiger partial charge is 0.462 e. The Hall–Kier alpha value is -1.44. The molecule has 1 aromatic rings. The van der Waals surface area contributed by atoms with Crippen LogP contribution in [0.25, 0.3) is 0 Å². The Morgan fingerprint density at radius 2 is 1.67 bits per heavy atom. The second-order valence-corrected chi connectivity index (χ2v) is 9.43. The summed E-state index contributed by atoms with van der Waals surface area (Å²) in [5.74, 6) is -0.428. The number of esters is 1. The van der Waals surface area contributed by atoms with E-state index in [1.54, 1.807) is 16.1 Å². The Balaban J connectivity index is 1.61. The van der Waals surface area contributed by atoms with Crippen LogP contribution in [0, 0.1) is 0 Å². The standard InChI is InChI=1S/C20H30N2O4S/c1-2-26-20(23)17-7-9-19(10-8-17)27(24,25)22-15-11-18(12-16-22)21-13-5-3-4-6-14-21/h7-10,18H,2-6,11-16H2,1H3/p+1. The summed E-state index contributed by atoms with van der Waals surface area (Å²) in [5, 5.41) is 0. The average Bonchev–Trinajstić information content (AvgIpc) is 2.98. The quantitative estimate of drug-likeness (QED) is 0.767. The van der Waals surface area contributed by atoms with E-state index in [9.17, 15) is 13.2 Å². The van der Waals surface area contributed by atoms with Crippen LogP contribution in [-0.2, 0) is 14.8 Å². The molecule has 1 N–H and O–H groups in total. The Kier molecular flexibility index (Phi) is 6.89. The van der Waals surface area contributed by atoms with Gasteiger partial charge in [0, 0.05) is 25.9 Å². The van der Waals surface area contributed by atoms with Crippen molar-refractivity contribution in [1.82, 2.24) is 4.31 Å². The van der Waals surface area contributed by atoms with E-state index in [4.69, 9.17) is 4.74 Å². The molecule has 2 heterocycles. The lowest BCUT2D eigenvalue weighted by atomic mass is 10.0. The zero-order valence-corrected chi connectivity index (χ0v) is 17.0. The van der Waals surface area contributed by atoms with Crippen molar-refractivity contribution < 1.29 is 22.8 Å². The van der Waals surface area contributed by atoms with Crippen molar-refractivity contribution in [2.45, 2.75) is 56.4 Å². The number of carbonyl (C=O) groups is 1. The van der Waals surface area contributed by atoms with E-state index in [1.165, 1.54) is 63.0 Å². The van der Waals surface area contributed by atoms with Gasteiger partial charge in [-0.05, 0) is 56.9 Å². The molecular weight excluding hydrogens is 364 g/mol. The van der Waals surface area contributed by atoms with Gasteiger partial charge in [-0.2, -0.15) is 4.31 Å². The lowest BCUT2D eigenvalue weighted by molar-refractivity contribution is -0.926. The van der Waals surface area contributed by atoms with Crippen molar-refractivity contribution in [2.75, 3.05) is 32.8 Å². The predicted octanol–water partition coefficient (Wildman–Crippen LogP) is 1.48. The predicted molar refractivity (Wildman–Crippen MR) is 103 cm³/mol. The third-order valence-electron chi connectivity index (χ3n) is 5.78.